The van der Waals surface area contributed by atoms with Crippen LogP contribution >= 0.6 is 0 Å². The third-order valence-corrected chi connectivity index (χ3v) is 3.31. The number of nitrogens with zero attached hydrogens (tertiary/aromatic N) is 2. The Hall–Kier alpha value is -2.42. The molecule has 0 aromatic heterocycles. The minimum atomic E-state index is 0.133. The lowest BCUT2D eigenvalue weighted by Crippen LogP contribution is -1.83. The number of phenolic OH excluding ortho intramolecular Hbond substituents is 1. The Morgan fingerprint density at radius 1 is 1.05 bits per heavy atom. The molecule has 1 N–H and O–H groups in total. The fourth-order valence-electron chi connectivity index (χ4n) is 2.38. The first-order chi connectivity index (χ1) is 10.0. The van der Waals surface area contributed by atoms with E-state index in [0.29, 0.717) is 5.69 Å². The first kappa shape index (κ1) is 15.0. The minimum absolute atomic E-state index is 0.133. The van der Waals surface area contributed by atoms with Crippen LogP contribution in [0.3, 0.4) is 0 Å². The molecule has 0 aliphatic rings. The maximum atomic E-state index is 9.88. The lowest BCUT2D eigenvalue weighted by molar-refractivity contribution is 0.476. The molecule has 0 fully saturated rings. The van der Waals surface area contributed by atoms with Gasteiger partial charge in [0.2, 0.25) is 0 Å². The Morgan fingerprint density at radius 2 is 1.71 bits per heavy atom. The molecule has 2 aromatic carbocycles. The lowest BCUT2D eigenvalue weighted by atomic mass is 10.1. The summed E-state index contributed by atoms with van der Waals surface area (Å²) < 4.78 is 0. The van der Waals surface area contributed by atoms with Crippen LogP contribution in [0.2, 0.25) is 0 Å². The Balaban J connectivity index is 2.37. The molecule has 0 atom stereocenters. The molecule has 0 unspecified atom stereocenters. The molecular formula is C18H20N2O. The van der Waals surface area contributed by atoms with Crippen LogP contribution < -0.4 is 0 Å². The Bertz CT molecular complexity index is 679. The topological polar surface area (TPSA) is 45.0 Å². The van der Waals surface area contributed by atoms with Crippen molar-refractivity contribution >= 4 is 11.4 Å². The number of hydrogen-bond donors (Lipinski definition) is 1. The summed E-state index contributed by atoms with van der Waals surface area (Å²) in [6, 6.07) is 9.49. The second-order valence-corrected chi connectivity index (χ2v) is 5.26. The first-order valence-corrected chi connectivity index (χ1v) is 6.93. The second-order valence-electron chi connectivity index (χ2n) is 5.26. The largest absolute Gasteiger partial charge is 0.506 e. The van der Waals surface area contributed by atoms with Gasteiger partial charge in [0.15, 0.2) is 0 Å². The van der Waals surface area contributed by atoms with E-state index < -0.39 is 0 Å². The third kappa shape index (κ3) is 3.57. The molecule has 0 heterocycles. The van der Waals surface area contributed by atoms with Crippen molar-refractivity contribution in [2.75, 3.05) is 0 Å². The summed E-state index contributed by atoms with van der Waals surface area (Å²) in [4.78, 5) is 0. The SMILES string of the molecule is C=CCc1ccc(O)c(N=Nc2c(C)cc(C)cc2C)c1. The molecule has 3 nitrogen and oxygen atoms in total. The molecule has 2 aromatic rings. The van der Waals surface area contributed by atoms with Gasteiger partial charge in [-0.2, -0.15) is 0 Å². The summed E-state index contributed by atoms with van der Waals surface area (Å²) in [5.74, 6) is 0.133. The highest BCUT2D eigenvalue weighted by Crippen LogP contribution is 2.31. The molecule has 0 bridgehead atoms. The van der Waals surface area contributed by atoms with E-state index in [1.54, 1.807) is 6.07 Å². The van der Waals surface area contributed by atoms with Gasteiger partial charge in [-0.15, -0.1) is 16.8 Å². The van der Waals surface area contributed by atoms with Crippen LogP contribution in [0, 0.1) is 20.8 Å². The second kappa shape index (κ2) is 6.35. The van der Waals surface area contributed by atoms with E-state index in [9.17, 15) is 5.11 Å². The quantitative estimate of drug-likeness (QED) is 0.586. The average Bonchev–Trinajstić information content (AvgIpc) is 2.41. The van der Waals surface area contributed by atoms with Gasteiger partial charge in [0, 0.05) is 0 Å². The molecular weight excluding hydrogens is 260 g/mol. The van der Waals surface area contributed by atoms with Crippen LogP contribution in [-0.2, 0) is 6.42 Å². The van der Waals surface area contributed by atoms with E-state index in [1.165, 1.54) is 5.56 Å². The van der Waals surface area contributed by atoms with Crippen molar-refractivity contribution in [1.82, 2.24) is 0 Å². The normalized spacial score (nSPS) is 11.0. The van der Waals surface area contributed by atoms with Crippen molar-refractivity contribution in [2.24, 2.45) is 10.2 Å². The van der Waals surface area contributed by atoms with E-state index in [0.717, 1.165) is 28.8 Å². The molecule has 108 valence electrons. The summed E-state index contributed by atoms with van der Waals surface area (Å²) >= 11 is 0. The van der Waals surface area contributed by atoms with Gasteiger partial charge in [-0.3, -0.25) is 0 Å². The Morgan fingerprint density at radius 3 is 2.33 bits per heavy atom. The maximum Gasteiger partial charge on any atom is 0.143 e. The van der Waals surface area contributed by atoms with Crippen LogP contribution in [-0.4, -0.2) is 5.11 Å². The van der Waals surface area contributed by atoms with Gasteiger partial charge in [0.05, 0.1) is 5.69 Å². The highest BCUT2D eigenvalue weighted by molar-refractivity contribution is 5.56. The zero-order chi connectivity index (χ0) is 15.4. The summed E-state index contributed by atoms with van der Waals surface area (Å²) in [6.07, 6.45) is 2.56. The molecule has 0 radical (unpaired) electrons. The lowest BCUT2D eigenvalue weighted by Gasteiger charge is -2.06. The van der Waals surface area contributed by atoms with Gasteiger partial charge in [0.25, 0.3) is 0 Å². The molecule has 21 heavy (non-hydrogen) atoms. The van der Waals surface area contributed by atoms with Crippen LogP contribution in [0.4, 0.5) is 11.4 Å². The van der Waals surface area contributed by atoms with E-state index in [2.05, 4.69) is 35.9 Å². The van der Waals surface area contributed by atoms with Gasteiger partial charge >= 0.3 is 0 Å². The Kier molecular flexibility index (Phi) is 4.53. The molecule has 0 saturated heterocycles. The average molecular weight is 280 g/mol. The van der Waals surface area contributed by atoms with Crippen molar-refractivity contribution in [2.45, 2.75) is 27.2 Å². The first-order valence-electron chi connectivity index (χ1n) is 6.93. The zero-order valence-corrected chi connectivity index (χ0v) is 12.7. The highest BCUT2D eigenvalue weighted by atomic mass is 16.3. The number of hydrogen-bond acceptors (Lipinski definition) is 3. The minimum Gasteiger partial charge on any atom is -0.506 e. The number of aryl methyl sites for hydroxylation is 3. The van der Waals surface area contributed by atoms with Gasteiger partial charge in [-0.25, -0.2) is 0 Å². The highest BCUT2D eigenvalue weighted by Gasteiger charge is 2.05. The molecule has 3 heteroatoms. The number of phenols is 1. The van der Waals surface area contributed by atoms with E-state index in [4.69, 9.17) is 0 Å². The summed E-state index contributed by atoms with van der Waals surface area (Å²) in [6.45, 7) is 9.81. The van der Waals surface area contributed by atoms with Crippen molar-refractivity contribution in [3.8, 4) is 5.75 Å². The van der Waals surface area contributed by atoms with Crippen molar-refractivity contribution < 1.29 is 5.11 Å². The van der Waals surface area contributed by atoms with Crippen LogP contribution in [0.1, 0.15) is 22.3 Å². The fourth-order valence-corrected chi connectivity index (χ4v) is 2.38. The van der Waals surface area contributed by atoms with Crippen molar-refractivity contribution in [1.29, 1.82) is 0 Å². The number of rotatable bonds is 4. The molecule has 2 rings (SSSR count). The summed E-state index contributed by atoms with van der Waals surface area (Å²) in [5.41, 5.74) is 5.76. The third-order valence-electron chi connectivity index (χ3n) is 3.31. The van der Waals surface area contributed by atoms with Crippen molar-refractivity contribution in [3.63, 3.8) is 0 Å². The zero-order valence-electron chi connectivity index (χ0n) is 12.7. The number of aromatic hydroxyl groups is 1. The number of allylic oxidation sites excluding steroid dienone is 1. The van der Waals surface area contributed by atoms with E-state index in [-0.39, 0.29) is 5.75 Å². The smallest absolute Gasteiger partial charge is 0.143 e. The molecule has 0 aliphatic heterocycles. The maximum absolute atomic E-state index is 9.88. The van der Waals surface area contributed by atoms with Crippen molar-refractivity contribution in [3.05, 3.63) is 65.2 Å². The summed E-state index contributed by atoms with van der Waals surface area (Å²) in [5, 5.41) is 18.4. The number of benzene rings is 2. The van der Waals surface area contributed by atoms with E-state index in [1.807, 2.05) is 32.1 Å². The molecule has 0 spiro atoms. The van der Waals surface area contributed by atoms with Crippen LogP contribution in [0.5, 0.6) is 5.75 Å². The van der Waals surface area contributed by atoms with Gasteiger partial charge in [-0.05, 0) is 56.0 Å². The summed E-state index contributed by atoms with van der Waals surface area (Å²) in [7, 11) is 0. The number of azo groups is 1. The van der Waals surface area contributed by atoms with E-state index >= 15 is 0 Å². The molecule has 0 aliphatic carbocycles. The monoisotopic (exact) mass is 280 g/mol. The predicted octanol–water partition coefficient (Wildman–Crippen LogP) is 5.46. The molecule has 0 saturated carbocycles. The predicted molar refractivity (Wildman–Crippen MR) is 86.8 cm³/mol. The molecule has 0 amide bonds. The fraction of sp³-hybridized carbons (Fsp3) is 0.222. The Labute approximate surface area is 125 Å². The van der Waals surface area contributed by atoms with Crippen LogP contribution in [0.25, 0.3) is 0 Å². The van der Waals surface area contributed by atoms with Gasteiger partial charge < -0.3 is 5.11 Å². The van der Waals surface area contributed by atoms with Gasteiger partial charge in [0.1, 0.15) is 11.4 Å². The standard InChI is InChI=1S/C18H20N2O/c1-5-6-15-7-8-17(21)16(11-15)19-20-18-13(3)9-12(2)10-14(18)4/h5,7-11,21H,1,6H2,2-4H3. The van der Waals surface area contributed by atoms with Crippen LogP contribution in [0.15, 0.2) is 53.2 Å². The van der Waals surface area contributed by atoms with Gasteiger partial charge in [-0.1, -0.05) is 29.8 Å².